The molecule has 1 saturated carbocycles. The van der Waals surface area contributed by atoms with E-state index in [0.717, 1.165) is 16.7 Å². The van der Waals surface area contributed by atoms with E-state index in [0.29, 0.717) is 0 Å². The summed E-state index contributed by atoms with van der Waals surface area (Å²) >= 11 is 5.87. The van der Waals surface area contributed by atoms with Gasteiger partial charge in [-0.3, -0.25) is 0 Å². The van der Waals surface area contributed by atoms with Gasteiger partial charge in [0.1, 0.15) is 0 Å². The zero-order valence-electron chi connectivity index (χ0n) is 11.1. The van der Waals surface area contributed by atoms with Gasteiger partial charge in [0, 0.05) is 4.83 Å². The maximum atomic E-state index is 3.90. The Bertz CT molecular complexity index is 338. The summed E-state index contributed by atoms with van der Waals surface area (Å²) in [6, 6.07) is 11.1. The molecule has 0 amide bonds. The molecule has 1 fully saturated rings. The predicted octanol–water partition coefficient (Wildman–Crippen LogP) is 5.48. The fourth-order valence-electron chi connectivity index (χ4n) is 3.04. The van der Waals surface area contributed by atoms with Gasteiger partial charge in [-0.15, -0.1) is 0 Å². The van der Waals surface area contributed by atoms with Crippen molar-refractivity contribution < 1.29 is 0 Å². The molecule has 100 valence electrons. The quantitative estimate of drug-likeness (QED) is 0.510. The molecule has 0 aromatic heterocycles. The van der Waals surface area contributed by atoms with Crippen LogP contribution in [-0.4, -0.2) is 16.8 Å². The Kier molecular flexibility index (Phi) is 6.10. The topological polar surface area (TPSA) is 0 Å². The van der Waals surface area contributed by atoms with Gasteiger partial charge in [-0.25, -0.2) is 0 Å². The fraction of sp³-hybridized carbons (Fsp3) is 0.625. The molecule has 18 heavy (non-hydrogen) atoms. The number of alkyl halides is 1. The van der Waals surface area contributed by atoms with E-state index in [1.54, 1.807) is 5.56 Å². The molecule has 0 bridgehead atoms. The van der Waals surface area contributed by atoms with Gasteiger partial charge in [0.05, 0.1) is 0 Å². The van der Waals surface area contributed by atoms with Gasteiger partial charge < -0.3 is 0 Å². The zero-order valence-corrected chi connectivity index (χ0v) is 13.6. The molecule has 0 heterocycles. The third kappa shape index (κ3) is 4.03. The van der Waals surface area contributed by atoms with Crippen molar-refractivity contribution in [3.8, 4) is 0 Å². The molecule has 3 atom stereocenters. The Morgan fingerprint density at radius 2 is 2.00 bits per heavy atom. The van der Waals surface area contributed by atoms with Crippen LogP contribution in [0.3, 0.4) is 0 Å². The molecule has 1 aromatic rings. The molecule has 2 heteroatoms. The average Bonchev–Trinajstić information content (AvgIpc) is 2.42. The van der Waals surface area contributed by atoms with Crippen molar-refractivity contribution in [2.45, 2.75) is 42.8 Å². The monoisotopic (exact) mass is 326 g/mol. The van der Waals surface area contributed by atoms with Gasteiger partial charge >= 0.3 is 0 Å². The van der Waals surface area contributed by atoms with E-state index in [-0.39, 0.29) is 0 Å². The number of halogens is 1. The second-order valence-electron chi connectivity index (χ2n) is 5.33. The Balaban J connectivity index is 1.91. The lowest BCUT2D eigenvalue weighted by Crippen LogP contribution is -2.24. The van der Waals surface area contributed by atoms with Crippen LogP contribution in [0.2, 0.25) is 0 Å². The lowest BCUT2D eigenvalue weighted by Gasteiger charge is -2.33. The Hall–Kier alpha value is 0.0500. The second kappa shape index (κ2) is 7.59. The van der Waals surface area contributed by atoms with Crippen LogP contribution in [0, 0.1) is 5.92 Å². The standard InChI is InChI=1S/C16H23BrS/c1-18-11-5-8-15-12-14(9-10-16(15)17)13-6-3-2-4-7-13/h2-4,6-7,14-16H,5,8-12H2,1H3. The first-order valence-electron chi connectivity index (χ1n) is 6.99. The van der Waals surface area contributed by atoms with Crippen LogP contribution in [0.1, 0.15) is 43.6 Å². The highest BCUT2D eigenvalue weighted by Crippen LogP contribution is 2.41. The van der Waals surface area contributed by atoms with Gasteiger partial charge in [-0.1, -0.05) is 46.3 Å². The summed E-state index contributed by atoms with van der Waals surface area (Å²) in [6.45, 7) is 0. The third-order valence-electron chi connectivity index (χ3n) is 4.08. The van der Waals surface area contributed by atoms with Gasteiger partial charge in [0.15, 0.2) is 0 Å². The molecule has 0 nitrogen and oxygen atoms in total. The van der Waals surface area contributed by atoms with Crippen molar-refractivity contribution in [2.75, 3.05) is 12.0 Å². The van der Waals surface area contributed by atoms with Crippen molar-refractivity contribution in [1.29, 1.82) is 0 Å². The van der Waals surface area contributed by atoms with Crippen LogP contribution in [0.25, 0.3) is 0 Å². The minimum atomic E-state index is 0.749. The molecule has 0 radical (unpaired) electrons. The molecular weight excluding hydrogens is 304 g/mol. The maximum absolute atomic E-state index is 3.90. The van der Waals surface area contributed by atoms with E-state index in [1.807, 2.05) is 11.8 Å². The zero-order chi connectivity index (χ0) is 12.8. The summed E-state index contributed by atoms with van der Waals surface area (Å²) in [5.41, 5.74) is 1.55. The van der Waals surface area contributed by atoms with Crippen molar-refractivity contribution >= 4 is 27.7 Å². The van der Waals surface area contributed by atoms with Crippen LogP contribution in [0.5, 0.6) is 0 Å². The minimum Gasteiger partial charge on any atom is -0.165 e. The van der Waals surface area contributed by atoms with E-state index in [1.165, 1.54) is 37.9 Å². The van der Waals surface area contributed by atoms with Crippen molar-refractivity contribution in [3.05, 3.63) is 35.9 Å². The van der Waals surface area contributed by atoms with Crippen LogP contribution < -0.4 is 0 Å². The first-order valence-corrected chi connectivity index (χ1v) is 9.30. The molecule has 3 unspecified atom stereocenters. The van der Waals surface area contributed by atoms with E-state index in [2.05, 4.69) is 52.5 Å². The molecule has 0 aliphatic heterocycles. The smallest absolute Gasteiger partial charge is 0.0174 e. The molecule has 0 saturated heterocycles. The molecule has 0 N–H and O–H groups in total. The van der Waals surface area contributed by atoms with E-state index in [4.69, 9.17) is 0 Å². The summed E-state index contributed by atoms with van der Waals surface area (Å²) in [6.07, 6.45) is 9.02. The predicted molar refractivity (Wildman–Crippen MR) is 86.9 cm³/mol. The maximum Gasteiger partial charge on any atom is 0.0174 e. The molecule has 1 aliphatic carbocycles. The fourth-order valence-corrected chi connectivity index (χ4v) is 4.24. The van der Waals surface area contributed by atoms with Crippen LogP contribution >= 0.6 is 27.7 Å². The van der Waals surface area contributed by atoms with E-state index >= 15 is 0 Å². The van der Waals surface area contributed by atoms with Gasteiger partial charge in [-0.2, -0.15) is 11.8 Å². The van der Waals surface area contributed by atoms with Crippen molar-refractivity contribution in [3.63, 3.8) is 0 Å². The van der Waals surface area contributed by atoms with Crippen molar-refractivity contribution in [2.24, 2.45) is 5.92 Å². The van der Waals surface area contributed by atoms with Gasteiger partial charge in [-0.05, 0) is 61.5 Å². The minimum absolute atomic E-state index is 0.749. The number of hydrogen-bond donors (Lipinski definition) is 0. The highest BCUT2D eigenvalue weighted by Gasteiger charge is 2.28. The molecule has 2 rings (SSSR count). The first-order chi connectivity index (χ1) is 8.81. The summed E-state index contributed by atoms with van der Waals surface area (Å²) in [5.74, 6) is 2.97. The second-order valence-corrected chi connectivity index (χ2v) is 7.49. The summed E-state index contributed by atoms with van der Waals surface area (Å²) in [7, 11) is 0. The van der Waals surface area contributed by atoms with Crippen molar-refractivity contribution in [1.82, 2.24) is 0 Å². The summed E-state index contributed by atoms with van der Waals surface area (Å²) in [4.78, 5) is 0.749. The van der Waals surface area contributed by atoms with Crippen LogP contribution in [-0.2, 0) is 0 Å². The lowest BCUT2D eigenvalue weighted by atomic mass is 9.76. The number of hydrogen-bond acceptors (Lipinski definition) is 1. The molecule has 1 aliphatic rings. The SMILES string of the molecule is CSCCCC1CC(c2ccccc2)CCC1Br. The Morgan fingerprint density at radius 1 is 1.22 bits per heavy atom. The summed E-state index contributed by atoms with van der Waals surface area (Å²) in [5, 5.41) is 0. The third-order valence-corrected chi connectivity index (χ3v) is 5.99. The van der Waals surface area contributed by atoms with Gasteiger partial charge in [0.2, 0.25) is 0 Å². The lowest BCUT2D eigenvalue weighted by molar-refractivity contribution is 0.319. The molecule has 0 spiro atoms. The van der Waals surface area contributed by atoms with E-state index < -0.39 is 0 Å². The molecule has 1 aromatic carbocycles. The Labute approximate surface area is 124 Å². The highest BCUT2D eigenvalue weighted by molar-refractivity contribution is 9.09. The average molecular weight is 327 g/mol. The van der Waals surface area contributed by atoms with E-state index in [9.17, 15) is 0 Å². The number of benzene rings is 1. The normalized spacial score (nSPS) is 28.2. The Morgan fingerprint density at radius 3 is 2.72 bits per heavy atom. The van der Waals surface area contributed by atoms with Crippen LogP contribution in [0.15, 0.2) is 30.3 Å². The van der Waals surface area contributed by atoms with Gasteiger partial charge in [0.25, 0.3) is 0 Å². The number of thioether (sulfide) groups is 1. The number of rotatable bonds is 5. The summed E-state index contributed by atoms with van der Waals surface area (Å²) < 4.78 is 0. The molecular formula is C16H23BrS. The highest BCUT2D eigenvalue weighted by atomic mass is 79.9. The largest absolute Gasteiger partial charge is 0.165 e. The van der Waals surface area contributed by atoms with Crippen LogP contribution in [0.4, 0.5) is 0 Å². The first kappa shape index (κ1) is 14.5.